The molecular formula is C22H17BrN4O2. The molecule has 1 aromatic heterocycles. The highest BCUT2D eigenvalue weighted by Crippen LogP contribution is 2.23. The molecule has 0 radical (unpaired) electrons. The summed E-state index contributed by atoms with van der Waals surface area (Å²) in [6.45, 7) is 0. The predicted molar refractivity (Wildman–Crippen MR) is 115 cm³/mol. The van der Waals surface area contributed by atoms with E-state index in [1.165, 1.54) is 0 Å². The van der Waals surface area contributed by atoms with Gasteiger partial charge in [-0.1, -0.05) is 46.3 Å². The van der Waals surface area contributed by atoms with Crippen LogP contribution in [0, 0.1) is 0 Å². The van der Waals surface area contributed by atoms with Gasteiger partial charge in [-0.2, -0.15) is 0 Å². The molecule has 0 spiro atoms. The molecule has 6 nitrogen and oxygen atoms in total. The van der Waals surface area contributed by atoms with Gasteiger partial charge in [0, 0.05) is 15.7 Å². The first-order chi connectivity index (χ1) is 14.1. The summed E-state index contributed by atoms with van der Waals surface area (Å²) in [6.07, 6.45) is 0. The van der Waals surface area contributed by atoms with Gasteiger partial charge in [-0.15, -0.1) is 5.10 Å². The lowest BCUT2D eigenvalue weighted by Gasteiger charge is -2.07. The Hall–Kier alpha value is -3.45. The van der Waals surface area contributed by atoms with Gasteiger partial charge in [0.2, 0.25) is 5.82 Å². The van der Waals surface area contributed by atoms with Crippen molar-refractivity contribution in [3.63, 3.8) is 0 Å². The topological polar surface area (TPSA) is 69.0 Å². The first kappa shape index (κ1) is 18.9. The van der Waals surface area contributed by atoms with E-state index >= 15 is 0 Å². The number of nitrogens with one attached hydrogen (secondary N) is 1. The standard InChI is InChI=1S/C22H17BrN4O2/c1-29-19-13-11-18(12-14-19)27-21(15-5-3-2-4-6-15)25-20(26-27)22(28)24-17-9-7-16(23)8-10-17/h2-14H,1H3,(H,24,28). The van der Waals surface area contributed by atoms with Crippen molar-refractivity contribution in [2.45, 2.75) is 0 Å². The lowest BCUT2D eigenvalue weighted by molar-refractivity contribution is 0.101. The Balaban J connectivity index is 1.72. The molecule has 0 aliphatic rings. The molecule has 0 aliphatic heterocycles. The number of carbonyl (C=O) groups excluding carboxylic acids is 1. The third-order valence-corrected chi connectivity index (χ3v) is 4.79. The Morgan fingerprint density at radius 3 is 2.31 bits per heavy atom. The summed E-state index contributed by atoms with van der Waals surface area (Å²) in [4.78, 5) is 17.3. The van der Waals surface area contributed by atoms with Crippen LogP contribution in [0.4, 0.5) is 5.69 Å². The Morgan fingerprint density at radius 1 is 0.966 bits per heavy atom. The van der Waals surface area contributed by atoms with Crippen molar-refractivity contribution in [1.29, 1.82) is 0 Å². The van der Waals surface area contributed by atoms with E-state index in [4.69, 9.17) is 4.74 Å². The molecule has 0 unspecified atom stereocenters. The number of anilines is 1. The minimum Gasteiger partial charge on any atom is -0.497 e. The number of amides is 1. The number of benzene rings is 3. The number of halogens is 1. The molecule has 1 heterocycles. The Kier molecular flexibility index (Phi) is 5.39. The summed E-state index contributed by atoms with van der Waals surface area (Å²) in [5.41, 5.74) is 2.30. The third-order valence-electron chi connectivity index (χ3n) is 4.26. The van der Waals surface area contributed by atoms with Crippen LogP contribution in [-0.2, 0) is 0 Å². The first-order valence-electron chi connectivity index (χ1n) is 8.88. The van der Waals surface area contributed by atoms with Crippen LogP contribution in [0.1, 0.15) is 10.6 Å². The number of methoxy groups -OCH3 is 1. The van der Waals surface area contributed by atoms with Crippen LogP contribution in [0.5, 0.6) is 5.75 Å². The number of rotatable bonds is 5. The molecule has 144 valence electrons. The van der Waals surface area contributed by atoms with E-state index in [0.717, 1.165) is 21.5 Å². The Bertz CT molecular complexity index is 1120. The predicted octanol–water partition coefficient (Wildman–Crippen LogP) is 4.96. The van der Waals surface area contributed by atoms with Crippen LogP contribution >= 0.6 is 15.9 Å². The van der Waals surface area contributed by atoms with Crippen LogP contribution in [0.3, 0.4) is 0 Å². The molecule has 0 saturated heterocycles. The number of nitrogens with zero attached hydrogens (tertiary/aromatic N) is 3. The lowest BCUT2D eigenvalue weighted by atomic mass is 10.2. The smallest absolute Gasteiger partial charge is 0.295 e. The van der Waals surface area contributed by atoms with E-state index in [0.29, 0.717) is 11.5 Å². The zero-order valence-corrected chi connectivity index (χ0v) is 17.1. The van der Waals surface area contributed by atoms with Crippen LogP contribution in [-0.4, -0.2) is 27.8 Å². The van der Waals surface area contributed by atoms with Crippen LogP contribution in [0.15, 0.2) is 83.3 Å². The minimum absolute atomic E-state index is 0.0857. The minimum atomic E-state index is -0.378. The van der Waals surface area contributed by atoms with E-state index in [-0.39, 0.29) is 11.7 Å². The number of ether oxygens (including phenoxy) is 1. The largest absolute Gasteiger partial charge is 0.497 e. The van der Waals surface area contributed by atoms with Gasteiger partial charge in [0.15, 0.2) is 5.82 Å². The number of hydrogen-bond donors (Lipinski definition) is 1. The fraction of sp³-hybridized carbons (Fsp3) is 0.0455. The summed E-state index contributed by atoms with van der Waals surface area (Å²) >= 11 is 3.38. The fourth-order valence-electron chi connectivity index (χ4n) is 2.81. The zero-order valence-electron chi connectivity index (χ0n) is 15.5. The molecule has 1 amide bonds. The van der Waals surface area contributed by atoms with Gasteiger partial charge in [0.05, 0.1) is 12.8 Å². The van der Waals surface area contributed by atoms with Crippen molar-refractivity contribution in [1.82, 2.24) is 14.8 Å². The summed E-state index contributed by atoms with van der Waals surface area (Å²) in [6, 6.07) is 24.4. The van der Waals surface area contributed by atoms with Crippen molar-refractivity contribution >= 4 is 27.5 Å². The normalized spacial score (nSPS) is 10.6. The van der Waals surface area contributed by atoms with Crippen molar-refractivity contribution in [2.75, 3.05) is 12.4 Å². The Morgan fingerprint density at radius 2 is 1.66 bits per heavy atom. The molecule has 0 aliphatic carbocycles. The fourth-order valence-corrected chi connectivity index (χ4v) is 3.07. The summed E-state index contributed by atoms with van der Waals surface area (Å²) in [5, 5.41) is 7.30. The van der Waals surface area contributed by atoms with Crippen molar-refractivity contribution in [3.8, 4) is 22.8 Å². The van der Waals surface area contributed by atoms with Gasteiger partial charge in [-0.3, -0.25) is 4.79 Å². The maximum atomic E-state index is 12.7. The van der Waals surface area contributed by atoms with E-state index in [1.54, 1.807) is 23.9 Å². The van der Waals surface area contributed by atoms with Crippen molar-refractivity contribution in [3.05, 3.63) is 89.2 Å². The Labute approximate surface area is 176 Å². The third kappa shape index (κ3) is 4.20. The highest BCUT2D eigenvalue weighted by molar-refractivity contribution is 9.10. The molecule has 7 heteroatoms. The van der Waals surface area contributed by atoms with Gasteiger partial charge in [-0.25, -0.2) is 9.67 Å². The molecule has 1 N–H and O–H groups in total. The van der Waals surface area contributed by atoms with Crippen LogP contribution < -0.4 is 10.1 Å². The van der Waals surface area contributed by atoms with Crippen molar-refractivity contribution < 1.29 is 9.53 Å². The quantitative estimate of drug-likeness (QED) is 0.468. The second-order valence-corrected chi connectivity index (χ2v) is 7.11. The molecule has 0 bridgehead atoms. The van der Waals surface area contributed by atoms with Gasteiger partial charge < -0.3 is 10.1 Å². The van der Waals surface area contributed by atoms with Gasteiger partial charge in [0.25, 0.3) is 5.91 Å². The van der Waals surface area contributed by atoms with E-state index in [9.17, 15) is 4.79 Å². The monoisotopic (exact) mass is 448 g/mol. The summed E-state index contributed by atoms with van der Waals surface area (Å²) < 4.78 is 7.82. The highest BCUT2D eigenvalue weighted by atomic mass is 79.9. The average Bonchev–Trinajstić information content (AvgIpc) is 3.22. The molecule has 0 saturated carbocycles. The van der Waals surface area contributed by atoms with Gasteiger partial charge in [0.1, 0.15) is 5.75 Å². The average molecular weight is 449 g/mol. The highest BCUT2D eigenvalue weighted by Gasteiger charge is 2.19. The molecule has 4 aromatic rings. The molecule has 29 heavy (non-hydrogen) atoms. The second-order valence-electron chi connectivity index (χ2n) is 6.20. The van der Waals surface area contributed by atoms with Gasteiger partial charge in [-0.05, 0) is 48.5 Å². The SMILES string of the molecule is COc1ccc(-n2nc(C(=O)Nc3ccc(Br)cc3)nc2-c2ccccc2)cc1. The summed E-state index contributed by atoms with van der Waals surface area (Å²) in [7, 11) is 1.62. The zero-order chi connectivity index (χ0) is 20.2. The molecule has 0 atom stereocenters. The van der Waals surface area contributed by atoms with Crippen LogP contribution in [0.2, 0.25) is 0 Å². The van der Waals surface area contributed by atoms with Gasteiger partial charge >= 0.3 is 0 Å². The maximum absolute atomic E-state index is 12.7. The molecule has 3 aromatic carbocycles. The lowest BCUT2D eigenvalue weighted by Crippen LogP contribution is -2.14. The van der Waals surface area contributed by atoms with E-state index in [2.05, 4.69) is 31.3 Å². The molecule has 4 rings (SSSR count). The van der Waals surface area contributed by atoms with Crippen LogP contribution in [0.25, 0.3) is 17.1 Å². The summed E-state index contributed by atoms with van der Waals surface area (Å²) in [5.74, 6) is 1.03. The number of hydrogen-bond acceptors (Lipinski definition) is 4. The number of carbonyl (C=O) groups is 1. The van der Waals surface area contributed by atoms with Crippen molar-refractivity contribution in [2.24, 2.45) is 0 Å². The first-order valence-corrected chi connectivity index (χ1v) is 9.67. The molecular weight excluding hydrogens is 432 g/mol. The maximum Gasteiger partial charge on any atom is 0.295 e. The number of aromatic nitrogens is 3. The van der Waals surface area contributed by atoms with E-state index < -0.39 is 0 Å². The molecule has 0 fully saturated rings. The second kappa shape index (κ2) is 8.28. The van der Waals surface area contributed by atoms with E-state index in [1.807, 2.05) is 66.7 Å².